The maximum Gasteiger partial charge on any atom is 0.201 e. The Morgan fingerprint density at radius 2 is 2.10 bits per heavy atom. The van der Waals surface area contributed by atoms with E-state index in [9.17, 15) is 8.42 Å². The van der Waals surface area contributed by atoms with Crippen molar-refractivity contribution in [1.82, 2.24) is 9.55 Å². The first-order valence-corrected chi connectivity index (χ1v) is 8.64. The molecule has 5 nitrogen and oxygen atoms in total. The minimum atomic E-state index is -3.30. The second kappa shape index (κ2) is 4.22. The number of rotatable bonds is 3. The largest absolute Gasteiger partial charge is 0.369 e. The predicted molar refractivity (Wildman–Crippen MR) is 79.2 cm³/mol. The summed E-state index contributed by atoms with van der Waals surface area (Å²) < 4.78 is 25.6. The molecule has 1 aromatic heterocycles. The summed E-state index contributed by atoms with van der Waals surface area (Å²) in [5.41, 5.74) is 7.55. The number of para-hydroxylation sites is 1. The van der Waals surface area contributed by atoms with Crippen LogP contribution in [0.2, 0.25) is 0 Å². The highest BCUT2D eigenvalue weighted by Gasteiger charge is 2.33. The Morgan fingerprint density at radius 1 is 1.40 bits per heavy atom. The molecule has 0 spiro atoms. The molecule has 0 saturated heterocycles. The predicted octanol–water partition coefficient (Wildman–Crippen LogP) is 2.21. The molecule has 0 atom stereocenters. The van der Waals surface area contributed by atoms with E-state index in [0.717, 1.165) is 12.1 Å². The Kier molecular flexibility index (Phi) is 2.83. The molecule has 0 amide bonds. The average molecular weight is 293 g/mol. The lowest BCUT2D eigenvalue weighted by atomic mass is 9.70. The van der Waals surface area contributed by atoms with Crippen molar-refractivity contribution in [2.45, 2.75) is 37.6 Å². The van der Waals surface area contributed by atoms with Crippen molar-refractivity contribution >= 4 is 26.8 Å². The summed E-state index contributed by atoms with van der Waals surface area (Å²) in [4.78, 5) is 4.53. The monoisotopic (exact) mass is 293 g/mol. The van der Waals surface area contributed by atoms with E-state index in [4.69, 9.17) is 5.73 Å². The number of nitrogen functional groups attached to an aromatic ring is 1. The third kappa shape index (κ3) is 2.08. The van der Waals surface area contributed by atoms with Crippen molar-refractivity contribution in [1.29, 1.82) is 0 Å². The quantitative estimate of drug-likeness (QED) is 0.941. The fourth-order valence-corrected chi connectivity index (χ4v) is 3.75. The second-order valence-corrected chi connectivity index (χ2v) is 8.10. The number of nitrogens with zero attached hydrogens (tertiary/aromatic N) is 2. The Bertz CT molecular complexity index is 773. The molecule has 6 heteroatoms. The third-order valence-corrected chi connectivity index (χ3v) is 5.40. The summed E-state index contributed by atoms with van der Waals surface area (Å²) in [6, 6.07) is 5.22. The topological polar surface area (TPSA) is 78.0 Å². The standard InChI is InChI=1S/C14H19N3O2S/c1-14(7-4-8-14)9-17-10-5-3-6-11(20(2,18)19)12(10)16-13(17)15/h3,5-6H,4,7-9H2,1-2H3,(H2,15,16). The van der Waals surface area contributed by atoms with Gasteiger partial charge in [-0.3, -0.25) is 0 Å². The van der Waals surface area contributed by atoms with E-state index in [0.29, 0.717) is 11.5 Å². The molecule has 1 heterocycles. The fourth-order valence-electron chi connectivity index (χ4n) is 2.92. The fraction of sp³-hybridized carbons (Fsp3) is 0.500. The first kappa shape index (κ1) is 13.4. The second-order valence-electron chi connectivity index (χ2n) is 6.12. The van der Waals surface area contributed by atoms with Crippen LogP contribution in [0.25, 0.3) is 11.0 Å². The highest BCUT2D eigenvalue weighted by molar-refractivity contribution is 7.91. The van der Waals surface area contributed by atoms with Crippen LogP contribution >= 0.6 is 0 Å². The van der Waals surface area contributed by atoms with E-state index in [1.165, 1.54) is 25.5 Å². The smallest absolute Gasteiger partial charge is 0.201 e. The van der Waals surface area contributed by atoms with Crippen molar-refractivity contribution in [2.24, 2.45) is 5.41 Å². The molecule has 0 bridgehead atoms. The molecule has 1 aliphatic rings. The number of imidazole rings is 1. The van der Waals surface area contributed by atoms with Crippen LogP contribution in [0.3, 0.4) is 0 Å². The molecule has 108 valence electrons. The molecule has 20 heavy (non-hydrogen) atoms. The molecule has 2 N–H and O–H groups in total. The Labute approximate surface area is 118 Å². The van der Waals surface area contributed by atoms with Crippen molar-refractivity contribution in [3.63, 3.8) is 0 Å². The van der Waals surface area contributed by atoms with Gasteiger partial charge in [-0.25, -0.2) is 13.4 Å². The minimum Gasteiger partial charge on any atom is -0.369 e. The molecular formula is C14H19N3O2S. The molecule has 1 aliphatic carbocycles. The van der Waals surface area contributed by atoms with Crippen LogP contribution in [0.1, 0.15) is 26.2 Å². The Morgan fingerprint density at radius 3 is 2.65 bits per heavy atom. The third-order valence-electron chi connectivity index (χ3n) is 4.27. The summed E-state index contributed by atoms with van der Waals surface area (Å²) in [6.45, 7) is 3.03. The number of aromatic nitrogens is 2. The average Bonchev–Trinajstić information content (AvgIpc) is 2.62. The molecular weight excluding hydrogens is 274 g/mol. The molecule has 0 aliphatic heterocycles. The van der Waals surface area contributed by atoms with E-state index >= 15 is 0 Å². The van der Waals surface area contributed by atoms with Gasteiger partial charge in [0.25, 0.3) is 0 Å². The Hall–Kier alpha value is -1.56. The molecule has 1 fully saturated rings. The summed E-state index contributed by atoms with van der Waals surface area (Å²) in [6.07, 6.45) is 4.80. The van der Waals surface area contributed by atoms with Crippen molar-refractivity contribution < 1.29 is 8.42 Å². The molecule has 1 saturated carbocycles. The molecule has 0 radical (unpaired) electrons. The zero-order valence-corrected chi connectivity index (χ0v) is 12.6. The SMILES string of the molecule is CC1(Cn2c(N)nc3c(S(C)(=O)=O)cccc32)CCC1. The number of nitrogens with two attached hydrogens (primary N) is 1. The van der Waals surface area contributed by atoms with Gasteiger partial charge < -0.3 is 10.3 Å². The van der Waals surface area contributed by atoms with Crippen LogP contribution in [0.5, 0.6) is 0 Å². The number of anilines is 1. The van der Waals surface area contributed by atoms with Gasteiger partial charge in [-0.2, -0.15) is 0 Å². The number of hydrogen-bond acceptors (Lipinski definition) is 4. The van der Waals surface area contributed by atoms with Gasteiger partial charge in [0.15, 0.2) is 9.84 Å². The first-order chi connectivity index (χ1) is 9.30. The zero-order valence-electron chi connectivity index (χ0n) is 11.8. The normalized spacial score (nSPS) is 18.1. The highest BCUT2D eigenvalue weighted by atomic mass is 32.2. The van der Waals surface area contributed by atoms with Crippen molar-refractivity contribution in [3.05, 3.63) is 18.2 Å². The molecule has 3 rings (SSSR count). The van der Waals surface area contributed by atoms with Gasteiger partial charge in [-0.1, -0.05) is 19.4 Å². The van der Waals surface area contributed by atoms with Gasteiger partial charge in [0.2, 0.25) is 5.95 Å². The van der Waals surface area contributed by atoms with E-state index in [2.05, 4.69) is 11.9 Å². The van der Waals surface area contributed by atoms with Crippen molar-refractivity contribution in [2.75, 3.05) is 12.0 Å². The van der Waals surface area contributed by atoms with Crippen LogP contribution in [0, 0.1) is 5.41 Å². The Balaban J connectivity index is 2.17. The van der Waals surface area contributed by atoms with E-state index in [1.54, 1.807) is 12.1 Å². The van der Waals surface area contributed by atoms with Crippen LogP contribution in [-0.2, 0) is 16.4 Å². The van der Waals surface area contributed by atoms with Gasteiger partial charge >= 0.3 is 0 Å². The zero-order chi connectivity index (χ0) is 14.5. The number of hydrogen-bond donors (Lipinski definition) is 1. The van der Waals surface area contributed by atoms with Crippen LogP contribution < -0.4 is 5.73 Å². The summed E-state index contributed by atoms with van der Waals surface area (Å²) in [7, 11) is -3.30. The van der Waals surface area contributed by atoms with Gasteiger partial charge in [0.1, 0.15) is 5.52 Å². The highest BCUT2D eigenvalue weighted by Crippen LogP contribution is 2.43. The lowest BCUT2D eigenvalue weighted by Gasteiger charge is -2.38. The maximum atomic E-state index is 11.8. The maximum absolute atomic E-state index is 11.8. The van der Waals surface area contributed by atoms with Crippen LogP contribution in [-0.4, -0.2) is 24.2 Å². The molecule has 1 aromatic carbocycles. The molecule has 0 unspecified atom stereocenters. The minimum absolute atomic E-state index is 0.249. The lowest BCUT2D eigenvalue weighted by molar-refractivity contribution is 0.135. The van der Waals surface area contributed by atoms with Crippen LogP contribution in [0.15, 0.2) is 23.1 Å². The number of fused-ring (bicyclic) bond motifs is 1. The lowest BCUT2D eigenvalue weighted by Crippen LogP contribution is -2.31. The van der Waals surface area contributed by atoms with Crippen molar-refractivity contribution in [3.8, 4) is 0 Å². The summed E-state index contributed by atoms with van der Waals surface area (Å²) in [5, 5.41) is 0. The van der Waals surface area contributed by atoms with Gasteiger partial charge in [-0.15, -0.1) is 0 Å². The molecule has 2 aromatic rings. The van der Waals surface area contributed by atoms with Gasteiger partial charge in [-0.05, 0) is 30.4 Å². The van der Waals surface area contributed by atoms with Gasteiger partial charge in [0.05, 0.1) is 10.4 Å². The summed E-state index contributed by atoms with van der Waals surface area (Å²) >= 11 is 0. The summed E-state index contributed by atoms with van der Waals surface area (Å²) in [5.74, 6) is 0.393. The van der Waals surface area contributed by atoms with E-state index < -0.39 is 9.84 Å². The van der Waals surface area contributed by atoms with E-state index in [-0.39, 0.29) is 10.3 Å². The van der Waals surface area contributed by atoms with Gasteiger partial charge in [0, 0.05) is 12.8 Å². The van der Waals surface area contributed by atoms with E-state index in [1.807, 2.05) is 10.6 Å². The first-order valence-electron chi connectivity index (χ1n) is 6.75. The number of benzene rings is 1. The van der Waals surface area contributed by atoms with Crippen LogP contribution in [0.4, 0.5) is 5.95 Å². The number of sulfone groups is 1.